The molecule has 1 atom stereocenters. The van der Waals surface area contributed by atoms with Gasteiger partial charge in [0.05, 0.1) is 5.92 Å². The Bertz CT molecular complexity index is 1220. The van der Waals surface area contributed by atoms with E-state index in [9.17, 15) is 19.1 Å². The number of hydrogen-bond acceptors (Lipinski definition) is 7. The van der Waals surface area contributed by atoms with Crippen LogP contribution in [-0.4, -0.2) is 11.1 Å². The second kappa shape index (κ2) is 8.45. The van der Waals surface area contributed by atoms with Crippen LogP contribution in [0.3, 0.4) is 0 Å². The third-order valence-electron chi connectivity index (χ3n) is 4.78. The summed E-state index contributed by atoms with van der Waals surface area (Å²) < 4.78 is 30.4. The molecule has 0 aliphatic carbocycles. The molecule has 1 aliphatic rings. The quantitative estimate of drug-likeness (QED) is 0.607. The molecule has 4 rings (SSSR count). The summed E-state index contributed by atoms with van der Waals surface area (Å²) >= 11 is 0. The number of aliphatic hydroxyl groups excluding tert-OH is 1. The predicted molar refractivity (Wildman–Crippen MR) is 107 cm³/mol. The number of ether oxygens (including phenoxy) is 2. The lowest BCUT2D eigenvalue weighted by Gasteiger charge is -2.27. The zero-order chi connectivity index (χ0) is 22.0. The molecular formula is C23H18FNO6. The number of esters is 1. The Morgan fingerprint density at radius 2 is 1.90 bits per heavy atom. The van der Waals surface area contributed by atoms with Crippen molar-refractivity contribution in [2.75, 3.05) is 0 Å². The van der Waals surface area contributed by atoms with Crippen LogP contribution in [0.25, 0.3) is 0 Å². The average Bonchev–Trinajstić information content (AvgIpc) is 2.77. The van der Waals surface area contributed by atoms with Gasteiger partial charge >= 0.3 is 5.97 Å². The van der Waals surface area contributed by atoms with E-state index in [0.717, 1.165) is 11.6 Å². The van der Waals surface area contributed by atoms with Crippen LogP contribution in [0.1, 0.15) is 28.6 Å². The van der Waals surface area contributed by atoms with Crippen LogP contribution in [0.15, 0.2) is 81.3 Å². The fraction of sp³-hybridized carbons (Fsp3) is 0.130. The van der Waals surface area contributed by atoms with Gasteiger partial charge < -0.3 is 24.7 Å². The van der Waals surface area contributed by atoms with E-state index in [1.54, 1.807) is 30.3 Å². The standard InChI is InChI=1S/C23H18FNO6/c24-15-8-4-7-14(9-15)18-19(23(28)29-12-13-5-2-1-3-6-13)22(25)31-20-17(27)10-16(11-26)30-21(18)20/h1-10,18,26H,11-12,25H2. The first kappa shape index (κ1) is 20.4. The molecule has 8 heteroatoms. The van der Waals surface area contributed by atoms with Gasteiger partial charge in [-0.3, -0.25) is 4.79 Å². The van der Waals surface area contributed by atoms with E-state index in [1.807, 2.05) is 6.07 Å². The smallest absolute Gasteiger partial charge is 0.340 e. The SMILES string of the molecule is NC1=C(C(=O)OCc2ccccc2)C(c2cccc(F)c2)c2oc(CO)cc(=O)c2O1. The zero-order valence-corrected chi connectivity index (χ0v) is 16.2. The van der Waals surface area contributed by atoms with Crippen molar-refractivity contribution in [1.82, 2.24) is 0 Å². The van der Waals surface area contributed by atoms with Crippen molar-refractivity contribution in [1.29, 1.82) is 0 Å². The molecule has 1 aliphatic heterocycles. The molecule has 0 spiro atoms. The molecular weight excluding hydrogens is 405 g/mol. The van der Waals surface area contributed by atoms with Gasteiger partial charge in [-0.05, 0) is 23.3 Å². The molecule has 1 aromatic heterocycles. The lowest BCUT2D eigenvalue weighted by atomic mass is 9.86. The summed E-state index contributed by atoms with van der Waals surface area (Å²) in [6.45, 7) is -0.578. The molecule has 0 fully saturated rings. The third-order valence-corrected chi connectivity index (χ3v) is 4.78. The molecule has 3 aromatic rings. The molecule has 2 aromatic carbocycles. The minimum Gasteiger partial charge on any atom is -0.458 e. The molecule has 31 heavy (non-hydrogen) atoms. The largest absolute Gasteiger partial charge is 0.458 e. The molecule has 1 unspecified atom stereocenters. The summed E-state index contributed by atoms with van der Waals surface area (Å²) in [5, 5.41) is 9.44. The van der Waals surface area contributed by atoms with Crippen LogP contribution >= 0.6 is 0 Å². The van der Waals surface area contributed by atoms with Gasteiger partial charge in [-0.2, -0.15) is 0 Å². The first-order chi connectivity index (χ1) is 15.0. The topological polar surface area (TPSA) is 112 Å². The number of nitrogens with two attached hydrogens (primary N) is 1. The number of carbonyl (C=O) groups excluding carboxylic acids is 1. The van der Waals surface area contributed by atoms with E-state index < -0.39 is 29.7 Å². The number of halogens is 1. The van der Waals surface area contributed by atoms with Crippen molar-refractivity contribution in [3.8, 4) is 5.75 Å². The molecule has 158 valence electrons. The normalized spacial score (nSPS) is 15.2. The van der Waals surface area contributed by atoms with E-state index >= 15 is 0 Å². The van der Waals surface area contributed by atoms with Gasteiger partial charge in [-0.1, -0.05) is 42.5 Å². The van der Waals surface area contributed by atoms with Gasteiger partial charge in [0, 0.05) is 6.07 Å². The van der Waals surface area contributed by atoms with Crippen molar-refractivity contribution >= 4 is 5.97 Å². The molecule has 0 amide bonds. The summed E-state index contributed by atoms with van der Waals surface area (Å²) in [4.78, 5) is 25.5. The number of fused-ring (bicyclic) bond motifs is 1. The zero-order valence-electron chi connectivity index (χ0n) is 16.2. The van der Waals surface area contributed by atoms with Crippen LogP contribution in [0.5, 0.6) is 5.75 Å². The maximum atomic E-state index is 14.0. The van der Waals surface area contributed by atoms with E-state index in [-0.39, 0.29) is 35.3 Å². The molecule has 2 heterocycles. The van der Waals surface area contributed by atoms with Crippen LogP contribution in [0.2, 0.25) is 0 Å². The van der Waals surface area contributed by atoms with Gasteiger partial charge in [0.15, 0.2) is 5.76 Å². The second-order valence-electron chi connectivity index (χ2n) is 6.86. The summed E-state index contributed by atoms with van der Waals surface area (Å²) in [7, 11) is 0. The summed E-state index contributed by atoms with van der Waals surface area (Å²) in [6.07, 6.45) is 0. The van der Waals surface area contributed by atoms with Gasteiger partial charge in [0.1, 0.15) is 30.4 Å². The van der Waals surface area contributed by atoms with Crippen molar-refractivity contribution < 1.29 is 28.2 Å². The summed E-state index contributed by atoms with van der Waals surface area (Å²) in [6, 6.07) is 15.5. The molecule has 0 saturated heterocycles. The highest BCUT2D eigenvalue weighted by atomic mass is 19.1. The maximum Gasteiger partial charge on any atom is 0.340 e. The maximum absolute atomic E-state index is 14.0. The summed E-state index contributed by atoms with van der Waals surface area (Å²) in [5.41, 5.74) is 6.33. The summed E-state index contributed by atoms with van der Waals surface area (Å²) in [5.74, 6) is -3.11. The first-order valence-electron chi connectivity index (χ1n) is 9.39. The van der Waals surface area contributed by atoms with E-state index in [2.05, 4.69) is 0 Å². The highest BCUT2D eigenvalue weighted by Gasteiger charge is 2.39. The first-order valence-corrected chi connectivity index (χ1v) is 9.39. The van der Waals surface area contributed by atoms with E-state index in [1.165, 1.54) is 18.2 Å². The van der Waals surface area contributed by atoms with Gasteiger partial charge in [0.2, 0.25) is 17.1 Å². The molecule has 0 radical (unpaired) electrons. The predicted octanol–water partition coefficient (Wildman–Crippen LogP) is 2.71. The van der Waals surface area contributed by atoms with Crippen molar-refractivity contribution in [3.63, 3.8) is 0 Å². The Morgan fingerprint density at radius 1 is 1.13 bits per heavy atom. The second-order valence-corrected chi connectivity index (χ2v) is 6.86. The van der Waals surface area contributed by atoms with Crippen molar-refractivity contribution in [2.45, 2.75) is 19.1 Å². The number of hydrogen-bond donors (Lipinski definition) is 2. The van der Waals surface area contributed by atoms with Crippen molar-refractivity contribution in [3.05, 3.63) is 111 Å². The Morgan fingerprint density at radius 3 is 2.61 bits per heavy atom. The number of aliphatic hydroxyl groups is 1. The van der Waals surface area contributed by atoms with Crippen molar-refractivity contribution in [2.24, 2.45) is 5.73 Å². The third kappa shape index (κ3) is 4.06. The number of benzene rings is 2. The van der Waals surface area contributed by atoms with E-state index in [4.69, 9.17) is 19.6 Å². The monoisotopic (exact) mass is 423 g/mol. The van der Waals surface area contributed by atoms with Crippen LogP contribution in [-0.2, 0) is 22.7 Å². The Balaban J connectivity index is 1.80. The molecule has 0 bridgehead atoms. The Kier molecular flexibility index (Phi) is 5.55. The molecule has 7 nitrogen and oxygen atoms in total. The minimum absolute atomic E-state index is 0.0280. The Labute approximate surface area is 176 Å². The Hall–Kier alpha value is -3.91. The lowest BCUT2D eigenvalue weighted by Crippen LogP contribution is -2.30. The lowest BCUT2D eigenvalue weighted by molar-refractivity contribution is -0.140. The van der Waals surface area contributed by atoms with Gasteiger partial charge in [-0.15, -0.1) is 0 Å². The van der Waals surface area contributed by atoms with Crippen LogP contribution < -0.4 is 15.9 Å². The van der Waals surface area contributed by atoms with Crippen LogP contribution in [0.4, 0.5) is 4.39 Å². The van der Waals surface area contributed by atoms with Gasteiger partial charge in [-0.25, -0.2) is 9.18 Å². The molecule has 0 saturated carbocycles. The fourth-order valence-corrected chi connectivity index (χ4v) is 3.38. The van der Waals surface area contributed by atoms with Crippen LogP contribution in [0, 0.1) is 5.82 Å². The molecule has 3 N–H and O–H groups in total. The van der Waals surface area contributed by atoms with E-state index in [0.29, 0.717) is 5.56 Å². The minimum atomic E-state index is -1.07. The highest BCUT2D eigenvalue weighted by Crippen LogP contribution is 2.41. The van der Waals surface area contributed by atoms with Gasteiger partial charge in [0.25, 0.3) is 0 Å². The fourth-order valence-electron chi connectivity index (χ4n) is 3.38. The number of rotatable bonds is 5. The average molecular weight is 423 g/mol. The highest BCUT2D eigenvalue weighted by molar-refractivity contribution is 5.92. The number of carbonyl (C=O) groups is 1.